The highest BCUT2D eigenvalue weighted by atomic mass is 16.3. The maximum absolute atomic E-state index is 9.21. The van der Waals surface area contributed by atoms with Gasteiger partial charge in [-0.25, -0.2) is 4.98 Å². The molecular formula is C13H19N3O. The third kappa shape index (κ3) is 2.65. The van der Waals surface area contributed by atoms with Gasteiger partial charge in [-0.15, -0.1) is 0 Å². The monoisotopic (exact) mass is 233 g/mol. The third-order valence-electron chi connectivity index (χ3n) is 2.77. The van der Waals surface area contributed by atoms with Crippen LogP contribution in [0.5, 0.6) is 0 Å². The van der Waals surface area contributed by atoms with Crippen molar-refractivity contribution < 1.29 is 5.11 Å². The first-order valence-electron chi connectivity index (χ1n) is 6.05. The number of fused-ring (bicyclic) bond motifs is 1. The highest BCUT2D eigenvalue weighted by molar-refractivity contribution is 5.75. The van der Waals surface area contributed by atoms with Crippen LogP contribution in [-0.4, -0.2) is 27.3 Å². The zero-order chi connectivity index (χ0) is 12.3. The largest absolute Gasteiger partial charge is 0.392 e. The lowest BCUT2D eigenvalue weighted by atomic mass is 10.3. The Bertz CT molecular complexity index is 490. The average molecular weight is 233 g/mol. The lowest BCUT2D eigenvalue weighted by Crippen LogP contribution is -2.25. The van der Waals surface area contributed by atoms with Gasteiger partial charge in [-0.2, -0.15) is 0 Å². The summed E-state index contributed by atoms with van der Waals surface area (Å²) < 4.78 is 2.20. The Morgan fingerprint density at radius 1 is 1.41 bits per heavy atom. The fraction of sp³-hybridized carbons (Fsp3) is 0.462. The molecule has 1 aromatic heterocycles. The summed E-state index contributed by atoms with van der Waals surface area (Å²) in [5.41, 5.74) is 2.20. The first-order valence-corrected chi connectivity index (χ1v) is 6.05. The molecule has 0 radical (unpaired) electrons. The first kappa shape index (κ1) is 12.1. The van der Waals surface area contributed by atoms with E-state index in [1.165, 1.54) is 5.52 Å². The highest BCUT2D eigenvalue weighted by Crippen LogP contribution is 2.15. The Morgan fingerprint density at radius 2 is 2.18 bits per heavy atom. The third-order valence-corrected chi connectivity index (χ3v) is 2.77. The van der Waals surface area contributed by atoms with Gasteiger partial charge < -0.3 is 15.0 Å². The van der Waals surface area contributed by atoms with Gasteiger partial charge in [0.15, 0.2) is 0 Å². The average Bonchev–Trinajstić information content (AvgIpc) is 2.66. The van der Waals surface area contributed by atoms with Crippen molar-refractivity contribution in [2.75, 3.05) is 6.54 Å². The Morgan fingerprint density at radius 3 is 2.88 bits per heavy atom. The van der Waals surface area contributed by atoms with E-state index in [2.05, 4.69) is 27.9 Å². The second kappa shape index (κ2) is 5.29. The minimum atomic E-state index is -0.325. The zero-order valence-electron chi connectivity index (χ0n) is 10.3. The van der Waals surface area contributed by atoms with Crippen LogP contribution in [0.1, 0.15) is 19.7 Å². The molecule has 0 amide bonds. The quantitative estimate of drug-likeness (QED) is 0.823. The number of nitrogens with zero attached hydrogens (tertiary/aromatic N) is 2. The van der Waals surface area contributed by atoms with Crippen LogP contribution in [0.15, 0.2) is 24.3 Å². The minimum absolute atomic E-state index is 0.325. The molecule has 0 saturated carbocycles. The molecule has 1 aromatic carbocycles. The van der Waals surface area contributed by atoms with Gasteiger partial charge in [0, 0.05) is 13.1 Å². The molecule has 92 valence electrons. The van der Waals surface area contributed by atoms with Crippen molar-refractivity contribution in [3.8, 4) is 0 Å². The number of imidazole rings is 1. The molecule has 2 rings (SSSR count). The van der Waals surface area contributed by atoms with E-state index in [-0.39, 0.29) is 6.10 Å². The second-order valence-corrected chi connectivity index (χ2v) is 4.24. The zero-order valence-corrected chi connectivity index (χ0v) is 10.3. The van der Waals surface area contributed by atoms with E-state index < -0.39 is 0 Å². The molecule has 4 nitrogen and oxygen atoms in total. The SMILES string of the molecule is CCn1c(CNC[C@H](C)O)nc2ccccc21. The van der Waals surface area contributed by atoms with Crippen molar-refractivity contribution in [3.05, 3.63) is 30.1 Å². The van der Waals surface area contributed by atoms with Crippen LogP contribution in [0.25, 0.3) is 11.0 Å². The molecule has 2 N–H and O–H groups in total. The number of nitrogens with one attached hydrogen (secondary N) is 1. The van der Waals surface area contributed by atoms with Crippen molar-refractivity contribution in [2.45, 2.75) is 33.0 Å². The molecular weight excluding hydrogens is 214 g/mol. The summed E-state index contributed by atoms with van der Waals surface area (Å²) in [7, 11) is 0. The number of aliphatic hydroxyl groups is 1. The lowest BCUT2D eigenvalue weighted by molar-refractivity contribution is 0.190. The summed E-state index contributed by atoms with van der Waals surface area (Å²) in [4.78, 5) is 4.60. The van der Waals surface area contributed by atoms with Crippen LogP contribution in [0.4, 0.5) is 0 Å². The van der Waals surface area contributed by atoms with Crippen LogP contribution in [0, 0.1) is 0 Å². The van der Waals surface area contributed by atoms with E-state index in [1.54, 1.807) is 6.92 Å². The number of benzene rings is 1. The van der Waals surface area contributed by atoms with Crippen LogP contribution in [0.2, 0.25) is 0 Å². The first-order chi connectivity index (χ1) is 8.22. The van der Waals surface area contributed by atoms with Crippen LogP contribution < -0.4 is 5.32 Å². The van der Waals surface area contributed by atoms with Crippen molar-refractivity contribution >= 4 is 11.0 Å². The number of aliphatic hydroxyl groups excluding tert-OH is 1. The Hall–Kier alpha value is -1.39. The Labute approximate surface area is 101 Å². The normalized spacial score (nSPS) is 13.1. The van der Waals surface area contributed by atoms with Gasteiger partial charge in [-0.05, 0) is 26.0 Å². The number of rotatable bonds is 5. The molecule has 1 heterocycles. The van der Waals surface area contributed by atoms with E-state index in [1.807, 2.05) is 18.2 Å². The van der Waals surface area contributed by atoms with E-state index >= 15 is 0 Å². The number of hydrogen-bond acceptors (Lipinski definition) is 3. The van der Waals surface area contributed by atoms with Gasteiger partial charge in [-0.1, -0.05) is 12.1 Å². The molecule has 0 spiro atoms. The summed E-state index contributed by atoms with van der Waals surface area (Å²) in [5, 5.41) is 12.4. The van der Waals surface area contributed by atoms with Gasteiger partial charge in [0.2, 0.25) is 0 Å². The summed E-state index contributed by atoms with van der Waals surface area (Å²) in [6, 6.07) is 8.15. The molecule has 0 aliphatic heterocycles. The summed E-state index contributed by atoms with van der Waals surface area (Å²) >= 11 is 0. The number of para-hydroxylation sites is 2. The van der Waals surface area contributed by atoms with Crippen LogP contribution in [0.3, 0.4) is 0 Å². The van der Waals surface area contributed by atoms with Crippen LogP contribution in [-0.2, 0) is 13.1 Å². The van der Waals surface area contributed by atoms with Gasteiger partial charge >= 0.3 is 0 Å². The maximum atomic E-state index is 9.21. The van der Waals surface area contributed by atoms with Crippen molar-refractivity contribution in [2.24, 2.45) is 0 Å². The standard InChI is InChI=1S/C13H19N3O/c1-3-16-12-7-5-4-6-11(12)15-13(16)9-14-8-10(2)17/h4-7,10,14,17H,3,8-9H2,1-2H3/t10-/m0/s1. The summed E-state index contributed by atoms with van der Waals surface area (Å²) in [5.74, 6) is 1.02. The number of aryl methyl sites for hydroxylation is 1. The lowest BCUT2D eigenvalue weighted by Gasteiger charge is -2.08. The molecule has 0 saturated heterocycles. The Balaban J connectivity index is 2.21. The fourth-order valence-corrected chi connectivity index (χ4v) is 2.01. The minimum Gasteiger partial charge on any atom is -0.392 e. The van der Waals surface area contributed by atoms with Crippen LogP contribution >= 0.6 is 0 Å². The van der Waals surface area contributed by atoms with Gasteiger partial charge in [0.25, 0.3) is 0 Å². The topological polar surface area (TPSA) is 50.1 Å². The van der Waals surface area contributed by atoms with Crippen molar-refractivity contribution in [1.29, 1.82) is 0 Å². The summed E-state index contributed by atoms with van der Waals surface area (Å²) in [6.45, 7) is 6.08. The molecule has 2 aromatic rings. The van der Waals surface area contributed by atoms with E-state index in [4.69, 9.17) is 0 Å². The predicted octanol–water partition coefficient (Wildman–Crippen LogP) is 1.53. The number of hydrogen-bond donors (Lipinski definition) is 2. The maximum Gasteiger partial charge on any atom is 0.123 e. The van der Waals surface area contributed by atoms with E-state index in [0.29, 0.717) is 13.1 Å². The van der Waals surface area contributed by atoms with Gasteiger partial charge in [0.1, 0.15) is 5.82 Å². The summed E-state index contributed by atoms with van der Waals surface area (Å²) in [6.07, 6.45) is -0.325. The fourth-order valence-electron chi connectivity index (χ4n) is 2.01. The molecule has 0 fully saturated rings. The Kier molecular flexibility index (Phi) is 3.76. The van der Waals surface area contributed by atoms with Gasteiger partial charge in [-0.3, -0.25) is 0 Å². The second-order valence-electron chi connectivity index (χ2n) is 4.24. The van der Waals surface area contributed by atoms with Crippen molar-refractivity contribution in [3.63, 3.8) is 0 Å². The van der Waals surface area contributed by atoms with Crippen molar-refractivity contribution in [1.82, 2.24) is 14.9 Å². The number of aromatic nitrogens is 2. The molecule has 1 atom stereocenters. The molecule has 0 unspecified atom stereocenters. The van der Waals surface area contributed by atoms with E-state index in [9.17, 15) is 5.11 Å². The highest BCUT2D eigenvalue weighted by Gasteiger charge is 2.08. The molecule has 0 aliphatic rings. The molecule has 4 heteroatoms. The predicted molar refractivity (Wildman–Crippen MR) is 68.8 cm³/mol. The molecule has 0 aliphatic carbocycles. The molecule has 0 bridgehead atoms. The molecule has 17 heavy (non-hydrogen) atoms. The smallest absolute Gasteiger partial charge is 0.123 e. The van der Waals surface area contributed by atoms with Gasteiger partial charge in [0.05, 0.1) is 23.7 Å². The van der Waals surface area contributed by atoms with E-state index in [0.717, 1.165) is 17.9 Å².